The first-order valence-electron chi connectivity index (χ1n) is 12.1. The average Bonchev–Trinajstić information content (AvgIpc) is 3.38. The van der Waals surface area contributed by atoms with Crippen LogP contribution in [0.15, 0.2) is 42.5 Å². The molecule has 8 nitrogen and oxygen atoms in total. The first-order valence-corrected chi connectivity index (χ1v) is 12.1. The van der Waals surface area contributed by atoms with Crippen molar-refractivity contribution in [2.75, 3.05) is 35.2 Å². The molecule has 0 saturated heterocycles. The maximum Gasteiger partial charge on any atom is 0.231 e. The lowest BCUT2D eigenvalue weighted by Crippen LogP contribution is -2.44. The lowest BCUT2D eigenvalue weighted by atomic mass is 9.73. The lowest BCUT2D eigenvalue weighted by Gasteiger charge is -2.41. The van der Waals surface area contributed by atoms with Crippen molar-refractivity contribution in [3.63, 3.8) is 0 Å². The molecule has 0 spiro atoms. The number of para-hydroxylation sites is 1. The molecule has 0 bridgehead atoms. The molecule has 0 aromatic heterocycles. The van der Waals surface area contributed by atoms with Gasteiger partial charge >= 0.3 is 0 Å². The summed E-state index contributed by atoms with van der Waals surface area (Å²) in [6.07, 6.45) is -0.280. The second-order valence-corrected chi connectivity index (χ2v) is 9.43. The largest absolute Gasteiger partial charge is 0.493 e. The zero-order valence-electron chi connectivity index (χ0n) is 21.9. The summed E-state index contributed by atoms with van der Waals surface area (Å²) in [5, 5.41) is 12.1. The third-order valence-electron chi connectivity index (χ3n) is 7.35. The van der Waals surface area contributed by atoms with Gasteiger partial charge in [-0.1, -0.05) is 25.1 Å². The van der Waals surface area contributed by atoms with Crippen LogP contribution < -0.4 is 33.2 Å². The van der Waals surface area contributed by atoms with E-state index in [2.05, 4.69) is 0 Å². The summed E-state index contributed by atoms with van der Waals surface area (Å²) in [5.74, 6) is 3.33. The van der Waals surface area contributed by atoms with Crippen LogP contribution in [0.5, 0.6) is 40.2 Å². The third-order valence-corrected chi connectivity index (χ3v) is 7.35. The third kappa shape index (κ3) is 3.96. The first-order chi connectivity index (χ1) is 17.8. The summed E-state index contributed by atoms with van der Waals surface area (Å²) >= 11 is 0. The van der Waals surface area contributed by atoms with Gasteiger partial charge in [0.1, 0.15) is 11.4 Å². The molecule has 3 aromatic rings. The summed E-state index contributed by atoms with van der Waals surface area (Å²) in [5.41, 5.74) is 1.71. The molecular formula is C29H32O8. The van der Waals surface area contributed by atoms with E-state index >= 15 is 0 Å². The monoisotopic (exact) mass is 508 g/mol. The summed E-state index contributed by atoms with van der Waals surface area (Å²) in [4.78, 5) is 0. The molecule has 37 heavy (non-hydrogen) atoms. The number of hydrogen-bond donors (Lipinski definition) is 1. The van der Waals surface area contributed by atoms with Crippen molar-refractivity contribution < 1.29 is 38.3 Å². The number of rotatable bonds is 6. The van der Waals surface area contributed by atoms with Gasteiger partial charge in [-0.3, -0.25) is 0 Å². The minimum Gasteiger partial charge on any atom is -0.493 e. The Morgan fingerprint density at radius 3 is 2.22 bits per heavy atom. The number of aliphatic hydroxyl groups is 1. The Morgan fingerprint density at radius 2 is 1.57 bits per heavy atom. The van der Waals surface area contributed by atoms with Gasteiger partial charge in [0.05, 0.1) is 28.4 Å². The van der Waals surface area contributed by atoms with Gasteiger partial charge in [-0.05, 0) is 49.1 Å². The molecule has 1 aliphatic carbocycles. The van der Waals surface area contributed by atoms with Crippen LogP contribution in [-0.4, -0.2) is 45.9 Å². The van der Waals surface area contributed by atoms with E-state index in [1.807, 2.05) is 49.4 Å². The maximum atomic E-state index is 12.1. The molecule has 196 valence electrons. The predicted octanol–water partition coefficient (Wildman–Crippen LogP) is 5.18. The molecular weight excluding hydrogens is 476 g/mol. The fraction of sp³-hybridized carbons (Fsp3) is 0.379. The second-order valence-electron chi connectivity index (χ2n) is 9.43. The van der Waals surface area contributed by atoms with Crippen molar-refractivity contribution in [3.05, 3.63) is 53.6 Å². The molecule has 1 heterocycles. The van der Waals surface area contributed by atoms with Gasteiger partial charge in [0.15, 0.2) is 29.1 Å². The Morgan fingerprint density at radius 1 is 0.865 bits per heavy atom. The van der Waals surface area contributed by atoms with E-state index in [-0.39, 0.29) is 12.7 Å². The predicted molar refractivity (Wildman–Crippen MR) is 138 cm³/mol. The normalized spacial score (nSPS) is 21.7. The summed E-state index contributed by atoms with van der Waals surface area (Å²) in [6.45, 7) is 3.90. The molecule has 8 heteroatoms. The molecule has 2 aliphatic rings. The standard InChI is InChI=1S/C29H32O8/c1-16-12-17-13-21-25(36-15-35-21)26(33-5)22(17)23-19(14-20(31-3)24(32-4)27(23)34-6)28(29(16,2)30)37-18-10-8-7-9-11-18/h7-11,13-14,16,28,30H,12,15H2,1-6H3/t16-,28-,29+/m0/s1. The Balaban J connectivity index is 1.91. The number of benzene rings is 3. The van der Waals surface area contributed by atoms with E-state index < -0.39 is 11.7 Å². The fourth-order valence-corrected chi connectivity index (χ4v) is 5.26. The van der Waals surface area contributed by atoms with E-state index in [1.54, 1.807) is 35.4 Å². The summed E-state index contributed by atoms with van der Waals surface area (Å²) < 4.78 is 41.5. The van der Waals surface area contributed by atoms with Crippen LogP contribution in [0.3, 0.4) is 0 Å². The minimum atomic E-state index is -1.30. The molecule has 0 unspecified atom stereocenters. The highest BCUT2D eigenvalue weighted by molar-refractivity contribution is 5.89. The molecule has 1 N–H and O–H groups in total. The number of ether oxygens (including phenoxy) is 7. The molecule has 0 saturated carbocycles. The summed E-state index contributed by atoms with van der Waals surface area (Å²) in [7, 11) is 6.29. The molecule has 1 aliphatic heterocycles. The number of hydrogen-bond acceptors (Lipinski definition) is 8. The van der Waals surface area contributed by atoms with E-state index in [1.165, 1.54) is 0 Å². The molecule has 3 atom stereocenters. The van der Waals surface area contributed by atoms with Gasteiger partial charge in [-0.2, -0.15) is 0 Å². The molecule has 0 radical (unpaired) electrons. The first kappa shape index (κ1) is 24.9. The van der Waals surface area contributed by atoms with Crippen molar-refractivity contribution >= 4 is 0 Å². The van der Waals surface area contributed by atoms with E-state index in [0.717, 1.165) is 11.1 Å². The maximum absolute atomic E-state index is 12.1. The second kappa shape index (κ2) is 9.59. The van der Waals surface area contributed by atoms with Crippen LogP contribution in [0.2, 0.25) is 0 Å². The van der Waals surface area contributed by atoms with Crippen LogP contribution in [0.4, 0.5) is 0 Å². The van der Waals surface area contributed by atoms with Crippen LogP contribution in [0.25, 0.3) is 11.1 Å². The van der Waals surface area contributed by atoms with E-state index in [9.17, 15) is 5.11 Å². The van der Waals surface area contributed by atoms with Crippen molar-refractivity contribution in [1.82, 2.24) is 0 Å². The molecule has 0 amide bonds. The topological polar surface area (TPSA) is 84.8 Å². The zero-order valence-corrected chi connectivity index (χ0v) is 21.9. The van der Waals surface area contributed by atoms with Crippen LogP contribution in [-0.2, 0) is 6.42 Å². The smallest absolute Gasteiger partial charge is 0.231 e. The Labute approximate surface area is 216 Å². The fourth-order valence-electron chi connectivity index (χ4n) is 5.26. The Bertz CT molecular complexity index is 1300. The van der Waals surface area contributed by atoms with Crippen LogP contribution in [0, 0.1) is 5.92 Å². The highest BCUT2D eigenvalue weighted by Gasteiger charge is 2.46. The van der Waals surface area contributed by atoms with Crippen molar-refractivity contribution in [3.8, 4) is 51.4 Å². The lowest BCUT2D eigenvalue weighted by molar-refractivity contribution is -0.0871. The quantitative estimate of drug-likeness (QED) is 0.488. The van der Waals surface area contributed by atoms with Gasteiger partial charge in [0.25, 0.3) is 0 Å². The van der Waals surface area contributed by atoms with Crippen LogP contribution in [0.1, 0.15) is 31.1 Å². The highest BCUT2D eigenvalue weighted by atomic mass is 16.7. The minimum absolute atomic E-state index is 0.0948. The summed E-state index contributed by atoms with van der Waals surface area (Å²) in [6, 6.07) is 13.2. The van der Waals surface area contributed by atoms with E-state index in [0.29, 0.717) is 57.8 Å². The Hall–Kier alpha value is -3.78. The van der Waals surface area contributed by atoms with Crippen LogP contribution >= 0.6 is 0 Å². The molecule has 0 fully saturated rings. The van der Waals surface area contributed by atoms with Gasteiger partial charge in [0.2, 0.25) is 18.3 Å². The SMILES string of the molecule is COc1cc2c(c(OC)c1OC)-c1c(cc3c(c1OC)OCO3)C[C@H](C)[C@@](C)(O)[C@H]2Oc1ccccc1. The average molecular weight is 509 g/mol. The van der Waals surface area contributed by atoms with E-state index in [4.69, 9.17) is 33.2 Å². The molecule has 3 aromatic carbocycles. The zero-order chi connectivity index (χ0) is 26.3. The molecule has 5 rings (SSSR count). The van der Waals surface area contributed by atoms with Crippen molar-refractivity contribution in [1.29, 1.82) is 0 Å². The van der Waals surface area contributed by atoms with Gasteiger partial charge in [0, 0.05) is 16.7 Å². The van der Waals surface area contributed by atoms with Gasteiger partial charge in [-0.25, -0.2) is 0 Å². The van der Waals surface area contributed by atoms with Gasteiger partial charge in [-0.15, -0.1) is 0 Å². The van der Waals surface area contributed by atoms with Crippen molar-refractivity contribution in [2.45, 2.75) is 32.0 Å². The van der Waals surface area contributed by atoms with Gasteiger partial charge < -0.3 is 38.3 Å². The van der Waals surface area contributed by atoms with Crippen molar-refractivity contribution in [2.24, 2.45) is 5.92 Å². The highest BCUT2D eigenvalue weighted by Crippen LogP contribution is 2.59. The Kier molecular flexibility index (Phi) is 6.45. The number of methoxy groups -OCH3 is 4. The number of fused-ring (bicyclic) bond motifs is 4.